The summed E-state index contributed by atoms with van der Waals surface area (Å²) in [5.74, 6) is 1.78. The van der Waals surface area contributed by atoms with E-state index in [1.807, 2.05) is 30.3 Å². The SMILES string of the molecule is C=CCCCN(C)C(=NCCOCc1ccccc1OC)NCC.I. The number of allylic oxidation sites excluding steroid dienone is 1. The molecule has 1 aromatic rings. The van der Waals surface area contributed by atoms with Crippen LogP contribution in [0.25, 0.3) is 0 Å². The number of benzene rings is 1. The number of nitrogens with one attached hydrogen (secondary N) is 1. The number of para-hydroxylation sites is 1. The summed E-state index contributed by atoms with van der Waals surface area (Å²) in [6.45, 7) is 9.38. The van der Waals surface area contributed by atoms with Crippen LogP contribution in [0.1, 0.15) is 25.3 Å². The highest BCUT2D eigenvalue weighted by Crippen LogP contribution is 2.17. The second kappa shape index (κ2) is 15.0. The molecule has 0 spiro atoms. The van der Waals surface area contributed by atoms with Gasteiger partial charge in [-0.05, 0) is 25.8 Å². The second-order valence-corrected chi connectivity index (χ2v) is 5.45. The number of methoxy groups -OCH3 is 1. The topological polar surface area (TPSA) is 46.1 Å². The molecule has 0 aliphatic carbocycles. The average Bonchev–Trinajstić information content (AvgIpc) is 2.61. The molecule has 0 aliphatic rings. The van der Waals surface area contributed by atoms with Crippen LogP contribution in [0.2, 0.25) is 0 Å². The summed E-state index contributed by atoms with van der Waals surface area (Å²) in [6.07, 6.45) is 4.05. The fourth-order valence-electron chi connectivity index (χ4n) is 2.27. The lowest BCUT2D eigenvalue weighted by Gasteiger charge is -2.21. The molecule has 0 radical (unpaired) electrons. The van der Waals surface area contributed by atoms with E-state index < -0.39 is 0 Å². The van der Waals surface area contributed by atoms with Crippen molar-refractivity contribution in [3.05, 3.63) is 42.5 Å². The largest absolute Gasteiger partial charge is 0.496 e. The summed E-state index contributed by atoms with van der Waals surface area (Å²) in [5, 5.41) is 3.31. The van der Waals surface area contributed by atoms with Gasteiger partial charge in [0.05, 0.1) is 26.9 Å². The molecule has 1 N–H and O–H groups in total. The molecule has 1 rings (SSSR count). The van der Waals surface area contributed by atoms with Crippen LogP contribution in [0.15, 0.2) is 41.9 Å². The number of aliphatic imine (C=N–C) groups is 1. The minimum atomic E-state index is 0. The zero-order chi connectivity index (χ0) is 17.6. The molecule has 0 fully saturated rings. The molecule has 0 saturated carbocycles. The van der Waals surface area contributed by atoms with Crippen molar-refractivity contribution in [2.45, 2.75) is 26.4 Å². The Balaban J connectivity index is 0.00000576. The highest BCUT2D eigenvalue weighted by molar-refractivity contribution is 14.0. The maximum absolute atomic E-state index is 5.72. The molecule has 6 heteroatoms. The number of rotatable bonds is 11. The van der Waals surface area contributed by atoms with Crippen LogP contribution >= 0.6 is 24.0 Å². The fraction of sp³-hybridized carbons (Fsp3) is 0.526. The summed E-state index contributed by atoms with van der Waals surface area (Å²) in [5.41, 5.74) is 1.05. The Morgan fingerprint density at radius 2 is 2.12 bits per heavy atom. The Morgan fingerprint density at radius 1 is 1.36 bits per heavy atom. The van der Waals surface area contributed by atoms with E-state index in [0.29, 0.717) is 19.8 Å². The molecular weight excluding hydrogens is 429 g/mol. The van der Waals surface area contributed by atoms with Gasteiger partial charge in [0.15, 0.2) is 5.96 Å². The van der Waals surface area contributed by atoms with Crippen LogP contribution in [0.4, 0.5) is 0 Å². The van der Waals surface area contributed by atoms with Gasteiger partial charge in [-0.1, -0.05) is 24.3 Å². The Morgan fingerprint density at radius 3 is 2.80 bits per heavy atom. The van der Waals surface area contributed by atoms with E-state index in [-0.39, 0.29) is 24.0 Å². The van der Waals surface area contributed by atoms with Crippen LogP contribution < -0.4 is 10.1 Å². The summed E-state index contributed by atoms with van der Waals surface area (Å²) < 4.78 is 11.0. The molecule has 25 heavy (non-hydrogen) atoms. The Bertz CT molecular complexity index is 509. The van der Waals surface area contributed by atoms with Gasteiger partial charge in [-0.2, -0.15) is 0 Å². The third kappa shape index (κ3) is 9.69. The maximum atomic E-state index is 5.72. The molecule has 0 bridgehead atoms. The quantitative estimate of drug-likeness (QED) is 0.180. The fourth-order valence-corrected chi connectivity index (χ4v) is 2.27. The average molecular weight is 461 g/mol. The summed E-state index contributed by atoms with van der Waals surface area (Å²) in [4.78, 5) is 6.76. The standard InChI is InChI=1S/C19H31N3O2.HI/c1-5-7-10-14-22(3)19(20-6-2)21-13-15-24-16-17-11-8-9-12-18(17)23-4;/h5,8-9,11-12H,1,6-7,10,13-16H2,2-4H3,(H,20,21);1H. The molecule has 0 unspecified atom stereocenters. The molecule has 0 aliphatic heterocycles. The maximum Gasteiger partial charge on any atom is 0.193 e. The monoisotopic (exact) mass is 461 g/mol. The van der Waals surface area contributed by atoms with Crippen molar-refractivity contribution >= 4 is 29.9 Å². The van der Waals surface area contributed by atoms with E-state index in [1.54, 1.807) is 7.11 Å². The van der Waals surface area contributed by atoms with Gasteiger partial charge in [0.1, 0.15) is 5.75 Å². The molecule has 0 saturated heterocycles. The van der Waals surface area contributed by atoms with E-state index >= 15 is 0 Å². The van der Waals surface area contributed by atoms with E-state index in [4.69, 9.17) is 9.47 Å². The van der Waals surface area contributed by atoms with Crippen molar-refractivity contribution < 1.29 is 9.47 Å². The van der Waals surface area contributed by atoms with Gasteiger partial charge in [0.2, 0.25) is 0 Å². The number of hydrogen-bond acceptors (Lipinski definition) is 3. The van der Waals surface area contributed by atoms with Gasteiger partial charge < -0.3 is 19.7 Å². The van der Waals surface area contributed by atoms with Crippen molar-refractivity contribution in [3.63, 3.8) is 0 Å². The Kier molecular flexibility index (Phi) is 14.2. The van der Waals surface area contributed by atoms with Gasteiger partial charge in [-0.15, -0.1) is 30.6 Å². The lowest BCUT2D eigenvalue weighted by Crippen LogP contribution is -2.39. The summed E-state index contributed by atoms with van der Waals surface area (Å²) >= 11 is 0. The van der Waals surface area contributed by atoms with Crippen molar-refractivity contribution in [2.75, 3.05) is 40.4 Å². The predicted octanol–water partition coefficient (Wildman–Crippen LogP) is 3.69. The van der Waals surface area contributed by atoms with Crippen LogP contribution in [0.3, 0.4) is 0 Å². The van der Waals surface area contributed by atoms with Gasteiger partial charge in [0.25, 0.3) is 0 Å². The molecule has 1 aromatic carbocycles. The van der Waals surface area contributed by atoms with Crippen LogP contribution in [0, 0.1) is 0 Å². The van der Waals surface area contributed by atoms with Crippen molar-refractivity contribution in [2.24, 2.45) is 4.99 Å². The van der Waals surface area contributed by atoms with Gasteiger partial charge in [-0.3, -0.25) is 4.99 Å². The summed E-state index contributed by atoms with van der Waals surface area (Å²) in [7, 11) is 3.73. The van der Waals surface area contributed by atoms with Crippen LogP contribution in [-0.2, 0) is 11.3 Å². The first-order valence-corrected chi connectivity index (χ1v) is 8.52. The second-order valence-electron chi connectivity index (χ2n) is 5.45. The number of guanidine groups is 1. The molecule has 0 aromatic heterocycles. The number of ether oxygens (including phenoxy) is 2. The first kappa shape index (κ1) is 23.7. The van der Waals surface area contributed by atoms with E-state index in [0.717, 1.165) is 43.2 Å². The molecule has 142 valence electrons. The number of hydrogen-bond donors (Lipinski definition) is 1. The minimum Gasteiger partial charge on any atom is -0.496 e. The molecule has 0 heterocycles. The highest BCUT2D eigenvalue weighted by Gasteiger charge is 2.05. The molecule has 0 atom stereocenters. The lowest BCUT2D eigenvalue weighted by molar-refractivity contribution is 0.126. The third-order valence-electron chi connectivity index (χ3n) is 3.55. The third-order valence-corrected chi connectivity index (χ3v) is 3.55. The Hall–Kier alpha value is -1.28. The predicted molar refractivity (Wildman–Crippen MR) is 116 cm³/mol. The van der Waals surface area contributed by atoms with Crippen LogP contribution in [-0.4, -0.2) is 51.3 Å². The zero-order valence-electron chi connectivity index (χ0n) is 15.7. The number of halogens is 1. The van der Waals surface area contributed by atoms with Gasteiger partial charge in [0, 0.05) is 25.7 Å². The van der Waals surface area contributed by atoms with Crippen LogP contribution in [0.5, 0.6) is 5.75 Å². The number of nitrogens with zero attached hydrogens (tertiary/aromatic N) is 2. The van der Waals surface area contributed by atoms with Crippen molar-refractivity contribution in [1.29, 1.82) is 0 Å². The highest BCUT2D eigenvalue weighted by atomic mass is 127. The van der Waals surface area contributed by atoms with E-state index in [1.165, 1.54) is 0 Å². The molecular formula is C19H32IN3O2. The molecule has 0 amide bonds. The summed E-state index contributed by atoms with van der Waals surface area (Å²) in [6, 6.07) is 7.90. The molecule has 5 nitrogen and oxygen atoms in total. The van der Waals surface area contributed by atoms with Gasteiger partial charge >= 0.3 is 0 Å². The van der Waals surface area contributed by atoms with Gasteiger partial charge in [-0.25, -0.2) is 0 Å². The Labute approximate surface area is 169 Å². The van der Waals surface area contributed by atoms with E-state index in [2.05, 4.69) is 35.8 Å². The zero-order valence-corrected chi connectivity index (χ0v) is 18.0. The van der Waals surface area contributed by atoms with Crippen molar-refractivity contribution in [3.8, 4) is 5.75 Å². The smallest absolute Gasteiger partial charge is 0.193 e. The first-order chi connectivity index (χ1) is 11.7. The first-order valence-electron chi connectivity index (χ1n) is 8.52. The normalized spacial score (nSPS) is 10.8. The number of unbranched alkanes of at least 4 members (excludes halogenated alkanes) is 1. The van der Waals surface area contributed by atoms with Crippen molar-refractivity contribution in [1.82, 2.24) is 10.2 Å². The van der Waals surface area contributed by atoms with E-state index in [9.17, 15) is 0 Å². The minimum absolute atomic E-state index is 0. The lowest BCUT2D eigenvalue weighted by atomic mass is 10.2.